The topological polar surface area (TPSA) is 78.9 Å². The van der Waals surface area contributed by atoms with E-state index >= 15 is 0 Å². The highest BCUT2D eigenvalue weighted by Crippen LogP contribution is 2.18. The van der Waals surface area contributed by atoms with Gasteiger partial charge in [-0.1, -0.05) is 331 Å². The molecule has 0 saturated heterocycles. The summed E-state index contributed by atoms with van der Waals surface area (Å²) in [5.74, 6) is -0.889. The summed E-state index contributed by atoms with van der Waals surface area (Å²) in [5.41, 5.74) is 0. The van der Waals surface area contributed by atoms with Crippen LogP contribution in [0.5, 0.6) is 0 Å². The van der Waals surface area contributed by atoms with Crippen molar-refractivity contribution in [3.05, 3.63) is 72.9 Å². The van der Waals surface area contributed by atoms with E-state index < -0.39 is 6.10 Å². The summed E-state index contributed by atoms with van der Waals surface area (Å²) in [6.45, 7) is 6.55. The summed E-state index contributed by atoms with van der Waals surface area (Å²) >= 11 is 0. The third-order valence-corrected chi connectivity index (χ3v) is 15.0. The smallest absolute Gasteiger partial charge is 0.306 e. The van der Waals surface area contributed by atoms with Crippen LogP contribution in [0.2, 0.25) is 0 Å². The summed E-state index contributed by atoms with van der Waals surface area (Å²) in [7, 11) is 0. The average molecular weight is 1090 g/mol. The maximum Gasteiger partial charge on any atom is 0.306 e. The highest BCUT2D eigenvalue weighted by Gasteiger charge is 2.19. The van der Waals surface area contributed by atoms with E-state index in [-0.39, 0.29) is 31.1 Å². The normalized spacial score (nSPS) is 12.5. The molecule has 0 bridgehead atoms. The fourth-order valence-electron chi connectivity index (χ4n) is 9.92. The van der Waals surface area contributed by atoms with Crippen LogP contribution in [0.15, 0.2) is 72.9 Å². The van der Waals surface area contributed by atoms with Gasteiger partial charge in [0.05, 0.1) is 0 Å². The second kappa shape index (κ2) is 66.4. The molecule has 0 amide bonds. The Bertz CT molecular complexity index is 1440. The lowest BCUT2D eigenvalue weighted by Crippen LogP contribution is -2.30. The molecule has 0 aromatic carbocycles. The molecule has 0 aromatic heterocycles. The van der Waals surface area contributed by atoms with E-state index in [1.807, 2.05) is 0 Å². The first kappa shape index (κ1) is 74.8. The lowest BCUT2D eigenvalue weighted by atomic mass is 10.0. The van der Waals surface area contributed by atoms with Gasteiger partial charge in [-0.05, 0) is 70.6 Å². The van der Waals surface area contributed by atoms with Gasteiger partial charge in [0.2, 0.25) is 0 Å². The molecule has 0 heterocycles. The van der Waals surface area contributed by atoms with Crippen LogP contribution in [0.3, 0.4) is 0 Å². The van der Waals surface area contributed by atoms with Crippen molar-refractivity contribution < 1.29 is 28.6 Å². The van der Waals surface area contributed by atoms with Gasteiger partial charge in [-0.15, -0.1) is 0 Å². The van der Waals surface area contributed by atoms with Gasteiger partial charge >= 0.3 is 17.9 Å². The van der Waals surface area contributed by atoms with Crippen LogP contribution in [-0.2, 0) is 28.6 Å². The van der Waals surface area contributed by atoms with Crippen molar-refractivity contribution in [1.82, 2.24) is 0 Å². The quantitative estimate of drug-likeness (QED) is 0.0261. The van der Waals surface area contributed by atoms with Gasteiger partial charge in [0.15, 0.2) is 6.10 Å². The molecule has 0 aliphatic carbocycles. The Morgan fingerprint density at radius 2 is 0.500 bits per heavy atom. The molecule has 0 aliphatic heterocycles. The lowest BCUT2D eigenvalue weighted by Gasteiger charge is -2.18. The monoisotopic (exact) mass is 1090 g/mol. The largest absolute Gasteiger partial charge is 0.462 e. The fraction of sp³-hybridized carbons (Fsp3) is 0.792. The Hall–Kier alpha value is -3.15. The summed E-state index contributed by atoms with van der Waals surface area (Å²) in [5, 5.41) is 0. The van der Waals surface area contributed by atoms with E-state index in [9.17, 15) is 14.4 Å². The standard InChI is InChI=1S/C72H128O6/c1-4-7-10-13-16-19-22-24-26-28-30-32-34-35-36-38-39-41-43-45-47-50-53-56-59-62-65-71(74)77-68-69(67-76-70(73)64-61-58-55-52-49-21-18-15-12-9-6-3)78-72(75)66-63-60-57-54-51-48-46-44-42-40-37-33-31-29-27-25-23-20-17-14-11-8-5-2/h8,11,17,20,25,27,31,33,40,42,46,48,69H,4-7,9-10,12-16,18-19,21-24,26,28-30,32,34-39,41,43-45,47,49-68H2,1-3H3/b11-8-,20-17-,27-25-,33-31-,42-40-,48-46-. The van der Waals surface area contributed by atoms with Crippen LogP contribution in [0, 0.1) is 0 Å². The van der Waals surface area contributed by atoms with Gasteiger partial charge < -0.3 is 14.2 Å². The zero-order valence-electron chi connectivity index (χ0n) is 51.9. The number of hydrogen-bond acceptors (Lipinski definition) is 6. The zero-order valence-corrected chi connectivity index (χ0v) is 51.9. The number of hydrogen-bond donors (Lipinski definition) is 0. The van der Waals surface area contributed by atoms with Gasteiger partial charge in [-0.25, -0.2) is 0 Å². The molecule has 0 fully saturated rings. The molecule has 78 heavy (non-hydrogen) atoms. The van der Waals surface area contributed by atoms with E-state index in [2.05, 4.69) is 93.7 Å². The van der Waals surface area contributed by atoms with Gasteiger partial charge in [0.1, 0.15) is 13.2 Å². The maximum atomic E-state index is 12.9. The first-order chi connectivity index (χ1) is 38.5. The van der Waals surface area contributed by atoms with E-state index in [0.29, 0.717) is 19.3 Å². The first-order valence-corrected chi connectivity index (χ1v) is 33.9. The number of ether oxygens (including phenoxy) is 3. The van der Waals surface area contributed by atoms with Crippen LogP contribution < -0.4 is 0 Å². The molecule has 452 valence electrons. The summed E-state index contributed by atoms with van der Waals surface area (Å²) < 4.78 is 16.9. The molecule has 6 nitrogen and oxygen atoms in total. The minimum atomic E-state index is -0.787. The molecular weight excluding hydrogens is 961 g/mol. The minimum absolute atomic E-state index is 0.0816. The minimum Gasteiger partial charge on any atom is -0.462 e. The van der Waals surface area contributed by atoms with Crippen molar-refractivity contribution >= 4 is 17.9 Å². The highest BCUT2D eigenvalue weighted by atomic mass is 16.6. The van der Waals surface area contributed by atoms with Gasteiger partial charge in [0, 0.05) is 19.3 Å². The molecule has 6 heteroatoms. The fourth-order valence-corrected chi connectivity index (χ4v) is 9.92. The second-order valence-electron chi connectivity index (χ2n) is 22.7. The van der Waals surface area contributed by atoms with Crippen molar-refractivity contribution in [1.29, 1.82) is 0 Å². The Labute approximate surface area is 484 Å². The van der Waals surface area contributed by atoms with Crippen LogP contribution in [0.25, 0.3) is 0 Å². The van der Waals surface area contributed by atoms with Crippen molar-refractivity contribution in [2.45, 2.75) is 354 Å². The van der Waals surface area contributed by atoms with Gasteiger partial charge in [-0.2, -0.15) is 0 Å². The molecular formula is C72H128O6. The average Bonchev–Trinajstić information content (AvgIpc) is 3.44. The Kier molecular flexibility index (Phi) is 63.7. The highest BCUT2D eigenvalue weighted by molar-refractivity contribution is 5.71. The van der Waals surface area contributed by atoms with Crippen molar-refractivity contribution in [3.8, 4) is 0 Å². The van der Waals surface area contributed by atoms with Gasteiger partial charge in [-0.3, -0.25) is 14.4 Å². The number of carbonyl (C=O) groups excluding carboxylic acids is 3. The molecule has 0 spiro atoms. The summed E-state index contributed by atoms with van der Waals surface area (Å²) in [6, 6.07) is 0. The molecule has 0 aliphatic rings. The van der Waals surface area contributed by atoms with E-state index in [1.54, 1.807) is 0 Å². The Morgan fingerprint density at radius 1 is 0.269 bits per heavy atom. The first-order valence-electron chi connectivity index (χ1n) is 33.9. The molecule has 0 saturated carbocycles. The third-order valence-electron chi connectivity index (χ3n) is 15.0. The molecule has 0 N–H and O–H groups in total. The SMILES string of the molecule is CC/C=C\C/C=C\C/C=C\C/C=C\C/C=C\C/C=C\CCCCCCC(=O)OC(COC(=O)CCCCCCCCCCCCC)COC(=O)CCCCCCCCCCCCCCCCCCCCCCCCCCCC. The van der Waals surface area contributed by atoms with Crippen molar-refractivity contribution in [3.63, 3.8) is 0 Å². The second-order valence-corrected chi connectivity index (χ2v) is 22.7. The molecule has 0 radical (unpaired) electrons. The van der Waals surface area contributed by atoms with E-state index in [0.717, 1.165) is 109 Å². The third kappa shape index (κ3) is 63.7. The Balaban J connectivity index is 4.26. The molecule has 0 aromatic rings. The summed E-state index contributed by atoms with van der Waals surface area (Å²) in [6.07, 6.45) is 86.4. The van der Waals surface area contributed by atoms with Crippen LogP contribution in [0.1, 0.15) is 348 Å². The number of unbranched alkanes of at least 4 members (excludes halogenated alkanes) is 39. The van der Waals surface area contributed by atoms with Gasteiger partial charge in [0.25, 0.3) is 0 Å². The number of allylic oxidation sites excluding steroid dienone is 12. The predicted octanol–water partition coefficient (Wildman–Crippen LogP) is 23.3. The van der Waals surface area contributed by atoms with Crippen LogP contribution >= 0.6 is 0 Å². The number of carbonyl (C=O) groups is 3. The van der Waals surface area contributed by atoms with Crippen LogP contribution in [0.4, 0.5) is 0 Å². The number of esters is 3. The molecule has 0 rings (SSSR count). The maximum absolute atomic E-state index is 12.9. The predicted molar refractivity (Wildman–Crippen MR) is 339 cm³/mol. The number of rotatable bonds is 62. The van der Waals surface area contributed by atoms with Crippen molar-refractivity contribution in [2.24, 2.45) is 0 Å². The van der Waals surface area contributed by atoms with E-state index in [4.69, 9.17) is 14.2 Å². The van der Waals surface area contributed by atoms with Crippen molar-refractivity contribution in [2.75, 3.05) is 13.2 Å². The Morgan fingerprint density at radius 3 is 0.782 bits per heavy atom. The van der Waals surface area contributed by atoms with E-state index in [1.165, 1.54) is 199 Å². The molecule has 1 unspecified atom stereocenters. The lowest BCUT2D eigenvalue weighted by molar-refractivity contribution is -0.167. The molecule has 1 atom stereocenters. The zero-order chi connectivity index (χ0) is 56.4. The van der Waals surface area contributed by atoms with Crippen LogP contribution in [-0.4, -0.2) is 37.2 Å². The summed E-state index contributed by atoms with van der Waals surface area (Å²) in [4.78, 5) is 38.3.